The summed E-state index contributed by atoms with van der Waals surface area (Å²) in [4.78, 5) is 16.6. The van der Waals surface area contributed by atoms with Gasteiger partial charge in [0.1, 0.15) is 0 Å². The standard InChI is InChI=1S/C13H25N3O/c1-3-14-11(2)10-13(17)16-8-6-15(7-9-16)12-4-5-12/h11-12,14H,3-10H2,1-2H3. The highest BCUT2D eigenvalue weighted by atomic mass is 16.2. The highest BCUT2D eigenvalue weighted by molar-refractivity contribution is 5.76. The van der Waals surface area contributed by atoms with E-state index in [0.717, 1.165) is 38.8 Å². The number of piperazine rings is 1. The molecule has 0 aromatic rings. The van der Waals surface area contributed by atoms with Crippen LogP contribution in [-0.2, 0) is 4.79 Å². The number of hydrogen-bond acceptors (Lipinski definition) is 3. The maximum atomic E-state index is 12.0. The molecular weight excluding hydrogens is 214 g/mol. The van der Waals surface area contributed by atoms with Crippen LogP contribution in [-0.4, -0.2) is 60.5 Å². The number of carbonyl (C=O) groups is 1. The van der Waals surface area contributed by atoms with Crippen molar-refractivity contribution < 1.29 is 4.79 Å². The molecule has 1 saturated carbocycles. The van der Waals surface area contributed by atoms with Gasteiger partial charge in [-0.3, -0.25) is 9.69 Å². The first-order chi connectivity index (χ1) is 8.20. The fraction of sp³-hybridized carbons (Fsp3) is 0.923. The van der Waals surface area contributed by atoms with E-state index in [4.69, 9.17) is 0 Å². The zero-order chi connectivity index (χ0) is 12.3. The number of rotatable bonds is 5. The molecule has 1 amide bonds. The Kier molecular flexibility index (Phi) is 4.40. The molecule has 0 bridgehead atoms. The summed E-state index contributed by atoms with van der Waals surface area (Å²) in [5, 5.41) is 3.29. The molecule has 1 saturated heterocycles. The largest absolute Gasteiger partial charge is 0.340 e. The van der Waals surface area contributed by atoms with Gasteiger partial charge in [0.15, 0.2) is 0 Å². The summed E-state index contributed by atoms with van der Waals surface area (Å²) in [7, 11) is 0. The summed E-state index contributed by atoms with van der Waals surface area (Å²) in [6.07, 6.45) is 3.37. The Morgan fingerprint density at radius 3 is 2.47 bits per heavy atom. The number of carbonyl (C=O) groups excluding carboxylic acids is 1. The van der Waals surface area contributed by atoms with E-state index in [1.54, 1.807) is 0 Å². The van der Waals surface area contributed by atoms with Crippen molar-refractivity contribution in [1.82, 2.24) is 15.1 Å². The van der Waals surface area contributed by atoms with Crippen LogP contribution >= 0.6 is 0 Å². The molecule has 0 aromatic heterocycles. The lowest BCUT2D eigenvalue weighted by Gasteiger charge is -2.35. The molecule has 2 aliphatic rings. The van der Waals surface area contributed by atoms with Gasteiger partial charge in [0.2, 0.25) is 5.91 Å². The van der Waals surface area contributed by atoms with Crippen LogP contribution < -0.4 is 5.32 Å². The van der Waals surface area contributed by atoms with Crippen molar-refractivity contribution in [3.05, 3.63) is 0 Å². The average molecular weight is 239 g/mol. The molecule has 0 aromatic carbocycles. The van der Waals surface area contributed by atoms with Crippen molar-refractivity contribution in [2.24, 2.45) is 0 Å². The van der Waals surface area contributed by atoms with E-state index < -0.39 is 0 Å². The number of hydrogen-bond donors (Lipinski definition) is 1. The van der Waals surface area contributed by atoms with Crippen molar-refractivity contribution in [2.75, 3.05) is 32.7 Å². The topological polar surface area (TPSA) is 35.6 Å². The molecule has 4 heteroatoms. The van der Waals surface area contributed by atoms with E-state index >= 15 is 0 Å². The summed E-state index contributed by atoms with van der Waals surface area (Å²) in [5.41, 5.74) is 0. The first-order valence-corrected chi connectivity index (χ1v) is 6.96. The molecule has 1 N–H and O–H groups in total. The predicted octanol–water partition coefficient (Wildman–Crippen LogP) is 0.681. The molecule has 1 aliphatic heterocycles. The van der Waals surface area contributed by atoms with E-state index in [0.29, 0.717) is 18.4 Å². The van der Waals surface area contributed by atoms with Crippen molar-refractivity contribution in [1.29, 1.82) is 0 Å². The third-order valence-electron chi connectivity index (χ3n) is 3.76. The minimum absolute atomic E-state index is 0.300. The molecule has 1 atom stereocenters. The molecule has 1 unspecified atom stereocenters. The summed E-state index contributed by atoms with van der Waals surface area (Å²) in [5.74, 6) is 0.314. The highest BCUT2D eigenvalue weighted by Crippen LogP contribution is 2.27. The number of amides is 1. The lowest BCUT2D eigenvalue weighted by atomic mass is 10.2. The Balaban J connectivity index is 1.69. The zero-order valence-electron chi connectivity index (χ0n) is 11.1. The zero-order valence-corrected chi connectivity index (χ0v) is 11.1. The SMILES string of the molecule is CCNC(C)CC(=O)N1CCN(C2CC2)CC1. The second-order valence-corrected chi connectivity index (χ2v) is 5.31. The van der Waals surface area contributed by atoms with Gasteiger partial charge in [0.25, 0.3) is 0 Å². The van der Waals surface area contributed by atoms with Gasteiger partial charge in [0, 0.05) is 44.7 Å². The number of nitrogens with one attached hydrogen (secondary N) is 1. The molecule has 0 spiro atoms. The number of nitrogens with zero attached hydrogens (tertiary/aromatic N) is 2. The fourth-order valence-corrected chi connectivity index (χ4v) is 2.59. The van der Waals surface area contributed by atoms with Crippen LogP contribution in [0.5, 0.6) is 0 Å². The quantitative estimate of drug-likeness (QED) is 0.766. The van der Waals surface area contributed by atoms with E-state index in [2.05, 4.69) is 24.1 Å². The molecule has 2 fully saturated rings. The van der Waals surface area contributed by atoms with Crippen molar-refractivity contribution in [2.45, 2.75) is 45.2 Å². The Bertz CT molecular complexity index is 257. The normalized spacial score (nSPS) is 23.8. The van der Waals surface area contributed by atoms with Crippen LogP contribution in [0.1, 0.15) is 33.1 Å². The summed E-state index contributed by atoms with van der Waals surface area (Å²) < 4.78 is 0. The molecule has 1 heterocycles. The van der Waals surface area contributed by atoms with E-state index in [1.807, 2.05) is 4.90 Å². The Labute approximate surface area is 104 Å². The Hall–Kier alpha value is -0.610. The summed E-state index contributed by atoms with van der Waals surface area (Å²) in [6.45, 7) is 9.10. The summed E-state index contributed by atoms with van der Waals surface area (Å²) >= 11 is 0. The van der Waals surface area contributed by atoms with Crippen LogP contribution in [0.3, 0.4) is 0 Å². The Morgan fingerprint density at radius 2 is 1.94 bits per heavy atom. The maximum absolute atomic E-state index is 12.0. The van der Waals surface area contributed by atoms with Crippen LogP contribution in [0.15, 0.2) is 0 Å². The van der Waals surface area contributed by atoms with Crippen LogP contribution in [0.2, 0.25) is 0 Å². The van der Waals surface area contributed by atoms with Gasteiger partial charge in [-0.2, -0.15) is 0 Å². The molecule has 17 heavy (non-hydrogen) atoms. The van der Waals surface area contributed by atoms with Crippen molar-refractivity contribution in [3.8, 4) is 0 Å². The van der Waals surface area contributed by atoms with Gasteiger partial charge in [-0.25, -0.2) is 0 Å². The first-order valence-electron chi connectivity index (χ1n) is 6.96. The Morgan fingerprint density at radius 1 is 1.29 bits per heavy atom. The molecule has 2 rings (SSSR count). The third-order valence-corrected chi connectivity index (χ3v) is 3.76. The van der Waals surface area contributed by atoms with E-state index in [-0.39, 0.29) is 0 Å². The highest BCUT2D eigenvalue weighted by Gasteiger charge is 2.32. The predicted molar refractivity (Wildman–Crippen MR) is 68.9 cm³/mol. The van der Waals surface area contributed by atoms with Gasteiger partial charge in [-0.15, -0.1) is 0 Å². The van der Waals surface area contributed by atoms with Crippen LogP contribution in [0.25, 0.3) is 0 Å². The first kappa shape index (κ1) is 12.8. The average Bonchev–Trinajstić information content (AvgIpc) is 3.13. The van der Waals surface area contributed by atoms with Gasteiger partial charge < -0.3 is 10.2 Å². The second-order valence-electron chi connectivity index (χ2n) is 5.31. The van der Waals surface area contributed by atoms with E-state index in [1.165, 1.54) is 12.8 Å². The van der Waals surface area contributed by atoms with Crippen molar-refractivity contribution >= 4 is 5.91 Å². The minimum atomic E-state index is 0.300. The minimum Gasteiger partial charge on any atom is -0.340 e. The molecule has 98 valence electrons. The molecule has 1 aliphatic carbocycles. The molecular formula is C13H25N3O. The lowest BCUT2D eigenvalue weighted by molar-refractivity contribution is -0.133. The molecule has 4 nitrogen and oxygen atoms in total. The fourth-order valence-electron chi connectivity index (χ4n) is 2.59. The third kappa shape index (κ3) is 3.68. The van der Waals surface area contributed by atoms with Crippen molar-refractivity contribution in [3.63, 3.8) is 0 Å². The van der Waals surface area contributed by atoms with E-state index in [9.17, 15) is 4.79 Å². The van der Waals surface area contributed by atoms with Gasteiger partial charge in [-0.1, -0.05) is 6.92 Å². The smallest absolute Gasteiger partial charge is 0.224 e. The van der Waals surface area contributed by atoms with Gasteiger partial charge >= 0.3 is 0 Å². The second kappa shape index (κ2) is 5.83. The molecule has 0 radical (unpaired) electrons. The monoisotopic (exact) mass is 239 g/mol. The van der Waals surface area contributed by atoms with Gasteiger partial charge in [-0.05, 0) is 26.3 Å². The maximum Gasteiger partial charge on any atom is 0.224 e. The summed E-state index contributed by atoms with van der Waals surface area (Å²) in [6, 6.07) is 1.14. The van der Waals surface area contributed by atoms with Gasteiger partial charge in [0.05, 0.1) is 0 Å². The van der Waals surface area contributed by atoms with Crippen LogP contribution in [0, 0.1) is 0 Å². The lowest BCUT2D eigenvalue weighted by Crippen LogP contribution is -2.50. The van der Waals surface area contributed by atoms with Crippen LogP contribution in [0.4, 0.5) is 0 Å².